The van der Waals surface area contributed by atoms with Crippen molar-refractivity contribution < 1.29 is 14.3 Å². The van der Waals surface area contributed by atoms with E-state index in [1.165, 1.54) is 0 Å². The maximum atomic E-state index is 13.3. The highest BCUT2D eigenvalue weighted by Gasteiger charge is 2.30. The van der Waals surface area contributed by atoms with Crippen LogP contribution in [-0.4, -0.2) is 35.4 Å². The van der Waals surface area contributed by atoms with Crippen LogP contribution in [0.1, 0.15) is 55.7 Å². The quantitative estimate of drug-likeness (QED) is 0.564. The van der Waals surface area contributed by atoms with Crippen LogP contribution in [0.2, 0.25) is 5.02 Å². The minimum atomic E-state index is -0.541. The molecule has 1 N–H and O–H groups in total. The zero-order chi connectivity index (χ0) is 23.1. The van der Waals surface area contributed by atoms with Crippen LogP contribution in [0.25, 0.3) is 0 Å². The Kier molecular flexibility index (Phi) is 8.57. The molecule has 0 saturated heterocycles. The van der Waals surface area contributed by atoms with Crippen LogP contribution < -0.4 is 10.1 Å². The van der Waals surface area contributed by atoms with E-state index in [1.54, 1.807) is 4.90 Å². The van der Waals surface area contributed by atoms with Crippen LogP contribution in [-0.2, 0) is 16.1 Å². The fourth-order valence-corrected chi connectivity index (χ4v) is 4.39. The van der Waals surface area contributed by atoms with Crippen molar-refractivity contribution in [3.05, 3.63) is 64.2 Å². The van der Waals surface area contributed by atoms with E-state index in [9.17, 15) is 9.59 Å². The molecule has 2 aromatic rings. The first-order chi connectivity index (χ1) is 15.4. The first-order valence-electron chi connectivity index (χ1n) is 11.4. The van der Waals surface area contributed by atoms with Gasteiger partial charge in [-0.3, -0.25) is 9.59 Å². The Morgan fingerprint density at radius 3 is 2.34 bits per heavy atom. The van der Waals surface area contributed by atoms with E-state index in [0.717, 1.165) is 42.4 Å². The third-order valence-corrected chi connectivity index (χ3v) is 6.65. The van der Waals surface area contributed by atoms with Gasteiger partial charge in [0, 0.05) is 17.6 Å². The summed E-state index contributed by atoms with van der Waals surface area (Å²) in [5, 5.41) is 3.86. The summed E-state index contributed by atoms with van der Waals surface area (Å²) >= 11 is 6.24. The number of carbonyl (C=O) groups excluding carboxylic acids is 2. The van der Waals surface area contributed by atoms with Gasteiger partial charge in [-0.2, -0.15) is 0 Å². The third kappa shape index (κ3) is 6.26. The Hall–Kier alpha value is -2.53. The zero-order valence-electron chi connectivity index (χ0n) is 19.2. The minimum absolute atomic E-state index is 0.0816. The number of aryl methyl sites for hydroxylation is 2. The molecule has 0 heterocycles. The van der Waals surface area contributed by atoms with Crippen LogP contribution in [0, 0.1) is 13.8 Å². The molecule has 0 aromatic heterocycles. The number of rotatable bonds is 9. The number of halogens is 1. The Balaban J connectivity index is 1.75. The van der Waals surface area contributed by atoms with E-state index in [1.807, 2.05) is 63.2 Å². The van der Waals surface area contributed by atoms with Gasteiger partial charge >= 0.3 is 0 Å². The van der Waals surface area contributed by atoms with E-state index in [4.69, 9.17) is 16.3 Å². The molecule has 0 spiro atoms. The normalized spacial score (nSPS) is 14.8. The number of carbonyl (C=O) groups is 2. The lowest BCUT2D eigenvalue weighted by molar-refractivity contribution is -0.143. The SMILES string of the molecule is CC[C@@H](C(=O)NC1CCCC1)N(Cc1ccccc1)C(=O)COc1cc(C)c(Cl)c(C)c1. The Bertz CT molecular complexity index is 903. The average Bonchev–Trinajstić information content (AvgIpc) is 3.29. The van der Waals surface area contributed by atoms with E-state index in [2.05, 4.69) is 5.32 Å². The van der Waals surface area contributed by atoms with Crippen LogP contribution in [0.4, 0.5) is 0 Å². The summed E-state index contributed by atoms with van der Waals surface area (Å²) in [6.45, 7) is 5.98. The minimum Gasteiger partial charge on any atom is -0.484 e. The number of amides is 2. The van der Waals surface area contributed by atoms with Gasteiger partial charge in [0.2, 0.25) is 5.91 Å². The van der Waals surface area contributed by atoms with Gasteiger partial charge in [-0.05, 0) is 61.9 Å². The molecule has 1 aliphatic carbocycles. The first kappa shape index (κ1) is 24.1. The van der Waals surface area contributed by atoms with Crippen molar-refractivity contribution in [1.82, 2.24) is 10.2 Å². The molecular formula is C26H33ClN2O3. The fraction of sp³-hybridized carbons (Fsp3) is 0.462. The van der Waals surface area contributed by atoms with Crippen molar-refractivity contribution in [3.63, 3.8) is 0 Å². The maximum Gasteiger partial charge on any atom is 0.261 e. The zero-order valence-corrected chi connectivity index (χ0v) is 20.0. The molecular weight excluding hydrogens is 424 g/mol. The number of benzene rings is 2. The number of nitrogens with one attached hydrogen (secondary N) is 1. The van der Waals surface area contributed by atoms with Gasteiger partial charge in [0.15, 0.2) is 6.61 Å². The van der Waals surface area contributed by atoms with Crippen molar-refractivity contribution in [2.24, 2.45) is 0 Å². The van der Waals surface area contributed by atoms with E-state index < -0.39 is 6.04 Å². The van der Waals surface area contributed by atoms with Crippen molar-refractivity contribution in [3.8, 4) is 5.75 Å². The lowest BCUT2D eigenvalue weighted by Gasteiger charge is -2.31. The summed E-state index contributed by atoms with van der Waals surface area (Å²) in [4.78, 5) is 28.0. The monoisotopic (exact) mass is 456 g/mol. The topological polar surface area (TPSA) is 58.6 Å². The number of hydrogen-bond donors (Lipinski definition) is 1. The predicted octanol–water partition coefficient (Wildman–Crippen LogP) is 5.20. The number of nitrogens with zero attached hydrogens (tertiary/aromatic N) is 1. The van der Waals surface area contributed by atoms with Crippen molar-refractivity contribution >= 4 is 23.4 Å². The highest BCUT2D eigenvalue weighted by molar-refractivity contribution is 6.32. The molecule has 1 saturated carbocycles. The molecule has 2 aromatic carbocycles. The molecule has 6 heteroatoms. The summed E-state index contributed by atoms with van der Waals surface area (Å²) in [6.07, 6.45) is 4.83. The van der Waals surface area contributed by atoms with Gasteiger partial charge in [0.25, 0.3) is 5.91 Å². The van der Waals surface area contributed by atoms with Gasteiger partial charge in [0.05, 0.1) is 0 Å². The predicted molar refractivity (Wildman–Crippen MR) is 128 cm³/mol. The molecule has 5 nitrogen and oxygen atoms in total. The smallest absolute Gasteiger partial charge is 0.261 e. The standard InChI is InChI=1S/C26H33ClN2O3/c1-4-23(26(31)28-21-12-8-9-13-21)29(16-20-10-6-5-7-11-20)24(30)17-32-22-14-18(2)25(27)19(3)15-22/h5-7,10-11,14-15,21,23H,4,8-9,12-13,16-17H2,1-3H3,(H,28,31)/t23-/m0/s1. The number of hydrogen-bond acceptors (Lipinski definition) is 3. The van der Waals surface area contributed by atoms with Gasteiger partial charge in [-0.1, -0.05) is 61.7 Å². The van der Waals surface area contributed by atoms with E-state index in [0.29, 0.717) is 23.7 Å². The molecule has 0 aliphatic heterocycles. The third-order valence-electron chi connectivity index (χ3n) is 6.06. The molecule has 0 radical (unpaired) electrons. The van der Waals surface area contributed by atoms with Gasteiger partial charge in [-0.25, -0.2) is 0 Å². The van der Waals surface area contributed by atoms with E-state index in [-0.39, 0.29) is 24.5 Å². The second kappa shape index (κ2) is 11.4. The lowest BCUT2D eigenvalue weighted by Crippen LogP contribution is -2.52. The highest BCUT2D eigenvalue weighted by atomic mass is 35.5. The molecule has 3 rings (SSSR count). The lowest BCUT2D eigenvalue weighted by atomic mass is 10.1. The van der Waals surface area contributed by atoms with Gasteiger partial charge in [-0.15, -0.1) is 0 Å². The Morgan fingerprint density at radius 1 is 1.12 bits per heavy atom. The molecule has 32 heavy (non-hydrogen) atoms. The molecule has 1 fully saturated rings. The highest BCUT2D eigenvalue weighted by Crippen LogP contribution is 2.26. The second-order valence-corrected chi connectivity index (χ2v) is 8.96. The molecule has 2 amide bonds. The molecule has 172 valence electrons. The maximum absolute atomic E-state index is 13.3. The van der Waals surface area contributed by atoms with Crippen molar-refractivity contribution in [2.75, 3.05) is 6.61 Å². The van der Waals surface area contributed by atoms with Gasteiger partial charge < -0.3 is 15.0 Å². The summed E-state index contributed by atoms with van der Waals surface area (Å²) in [6, 6.07) is 13.1. The molecule has 1 aliphatic rings. The molecule has 1 atom stereocenters. The van der Waals surface area contributed by atoms with Crippen LogP contribution in [0.5, 0.6) is 5.75 Å². The van der Waals surface area contributed by atoms with Crippen LogP contribution in [0.15, 0.2) is 42.5 Å². The fourth-order valence-electron chi connectivity index (χ4n) is 4.28. The summed E-state index contributed by atoms with van der Waals surface area (Å²) in [5.41, 5.74) is 2.78. The average molecular weight is 457 g/mol. The van der Waals surface area contributed by atoms with E-state index >= 15 is 0 Å². The van der Waals surface area contributed by atoms with Crippen molar-refractivity contribution in [2.45, 2.75) is 71.5 Å². The van der Waals surface area contributed by atoms with Crippen molar-refractivity contribution in [1.29, 1.82) is 0 Å². The summed E-state index contributed by atoms with van der Waals surface area (Å²) in [5.74, 6) is 0.301. The second-order valence-electron chi connectivity index (χ2n) is 8.58. The Morgan fingerprint density at radius 2 is 1.75 bits per heavy atom. The van der Waals surface area contributed by atoms with Gasteiger partial charge in [0.1, 0.15) is 11.8 Å². The molecule has 0 bridgehead atoms. The number of ether oxygens (including phenoxy) is 1. The summed E-state index contributed by atoms with van der Waals surface area (Å²) < 4.78 is 5.83. The molecule has 0 unspecified atom stereocenters. The first-order valence-corrected chi connectivity index (χ1v) is 11.8. The largest absolute Gasteiger partial charge is 0.484 e. The Labute approximate surface area is 196 Å². The van der Waals surface area contributed by atoms with Crippen LogP contribution in [0.3, 0.4) is 0 Å². The van der Waals surface area contributed by atoms with Crippen LogP contribution >= 0.6 is 11.6 Å². The summed E-state index contributed by atoms with van der Waals surface area (Å²) in [7, 11) is 0.